The fourth-order valence-electron chi connectivity index (χ4n) is 7.18. The maximum Gasteiger partial charge on any atom is 0.136 e. The van der Waals surface area contributed by atoms with Crippen LogP contribution in [0.2, 0.25) is 0 Å². The first-order valence-electron chi connectivity index (χ1n) is 21.0. The minimum absolute atomic E-state index is 0. The van der Waals surface area contributed by atoms with E-state index in [9.17, 15) is 0 Å². The summed E-state index contributed by atoms with van der Waals surface area (Å²) >= 11 is 0. The molecule has 52 heavy (non-hydrogen) atoms. The number of imidazole rings is 1. The van der Waals surface area contributed by atoms with Gasteiger partial charge in [-0.25, -0.2) is 0 Å². The van der Waals surface area contributed by atoms with Crippen molar-refractivity contribution in [2.45, 2.75) is 20.6 Å². The molecule has 4 heterocycles. The Hall–Kier alpha value is -5.87. The molecule has 1 radical (unpaired) electrons. The molecular formula is C47H31IrN3O-2. The first kappa shape index (κ1) is 23.6. The summed E-state index contributed by atoms with van der Waals surface area (Å²) in [4.78, 5) is 9.01. The number of para-hydroxylation sites is 2. The van der Waals surface area contributed by atoms with Gasteiger partial charge in [-0.3, -0.25) is 4.98 Å². The molecule has 0 atom stereocenters. The van der Waals surface area contributed by atoms with Crippen LogP contribution in [0.3, 0.4) is 0 Å². The Morgan fingerprint density at radius 2 is 1.46 bits per heavy atom. The minimum atomic E-state index is -2.61. The Bertz CT molecular complexity index is 3520. The van der Waals surface area contributed by atoms with Crippen LogP contribution in [0.4, 0.5) is 0 Å². The summed E-state index contributed by atoms with van der Waals surface area (Å²) in [6.07, 6.45) is 1.02. The zero-order chi connectivity index (χ0) is 41.7. The molecule has 0 saturated carbocycles. The second-order valence-electron chi connectivity index (χ2n) is 12.6. The molecule has 0 bridgehead atoms. The fraction of sp³-hybridized carbons (Fsp3) is 0.0638. The van der Waals surface area contributed by atoms with E-state index in [1.807, 2.05) is 18.2 Å². The molecule has 0 aliphatic heterocycles. The van der Waals surface area contributed by atoms with Crippen LogP contribution in [0, 0.1) is 32.7 Å². The number of furan rings is 1. The molecule has 7 aromatic carbocycles. The van der Waals surface area contributed by atoms with Gasteiger partial charge in [-0.1, -0.05) is 72.4 Å². The van der Waals surface area contributed by atoms with Crippen molar-refractivity contribution in [2.24, 2.45) is 0 Å². The summed E-state index contributed by atoms with van der Waals surface area (Å²) in [5.41, 5.74) is 6.00. The normalized spacial score (nSPS) is 14.9. The van der Waals surface area contributed by atoms with Crippen molar-refractivity contribution < 1.29 is 36.9 Å². The van der Waals surface area contributed by atoms with E-state index in [4.69, 9.17) is 21.7 Å². The number of nitrogens with zero attached hydrogens (tertiary/aromatic N) is 3. The van der Waals surface area contributed by atoms with Crippen LogP contribution in [-0.4, -0.2) is 14.4 Å². The molecule has 0 aliphatic carbocycles. The Morgan fingerprint density at radius 1 is 0.635 bits per heavy atom. The quantitative estimate of drug-likeness (QED) is 0.122. The van der Waals surface area contributed by atoms with E-state index >= 15 is 0 Å². The third-order valence-corrected chi connectivity index (χ3v) is 9.62. The number of aryl methyl sites for hydroxylation is 3. The van der Waals surface area contributed by atoms with E-state index < -0.39 is 20.6 Å². The van der Waals surface area contributed by atoms with Gasteiger partial charge >= 0.3 is 0 Å². The van der Waals surface area contributed by atoms with Gasteiger partial charge in [0.15, 0.2) is 0 Å². The molecule has 11 aromatic rings. The van der Waals surface area contributed by atoms with Gasteiger partial charge in [0.05, 0.1) is 16.7 Å². The fourth-order valence-corrected chi connectivity index (χ4v) is 7.18. The van der Waals surface area contributed by atoms with Crippen molar-refractivity contribution in [2.75, 3.05) is 0 Å². The summed E-state index contributed by atoms with van der Waals surface area (Å²) in [7, 11) is 0. The van der Waals surface area contributed by atoms with Crippen LogP contribution < -0.4 is 0 Å². The van der Waals surface area contributed by atoms with Crippen LogP contribution in [0.15, 0.2) is 138 Å². The van der Waals surface area contributed by atoms with Gasteiger partial charge < -0.3 is 13.8 Å². The summed E-state index contributed by atoms with van der Waals surface area (Å²) in [6.45, 7) is -7.47. The predicted molar refractivity (Wildman–Crippen MR) is 212 cm³/mol. The number of fused-ring (bicyclic) bond motifs is 14. The maximum atomic E-state index is 7.54. The first-order chi connectivity index (χ1) is 28.6. The van der Waals surface area contributed by atoms with Crippen LogP contribution >= 0.6 is 0 Å². The minimum Gasteiger partial charge on any atom is -0.456 e. The van der Waals surface area contributed by atoms with Gasteiger partial charge in [0.25, 0.3) is 0 Å². The van der Waals surface area contributed by atoms with Gasteiger partial charge in [-0.05, 0) is 88.3 Å². The van der Waals surface area contributed by atoms with E-state index in [2.05, 4.69) is 106 Å². The Labute approximate surface area is 326 Å². The van der Waals surface area contributed by atoms with Gasteiger partial charge in [-0.15, -0.1) is 65.0 Å². The molecule has 11 rings (SSSR count). The van der Waals surface area contributed by atoms with Crippen molar-refractivity contribution in [1.82, 2.24) is 14.4 Å². The number of aromatic nitrogens is 3. The zero-order valence-corrected chi connectivity index (χ0v) is 29.7. The molecule has 4 aromatic heterocycles. The molecule has 5 heteroatoms. The largest absolute Gasteiger partial charge is 0.456 e. The Balaban J connectivity index is 0.000000168. The summed E-state index contributed by atoms with van der Waals surface area (Å²) in [6, 6.07) is 47.9. The topological polar surface area (TPSA) is 43.3 Å². The zero-order valence-electron chi connectivity index (χ0n) is 36.3. The molecule has 0 fully saturated rings. The van der Waals surface area contributed by atoms with Crippen molar-refractivity contribution >= 4 is 81.8 Å². The second kappa shape index (κ2) is 12.4. The molecule has 0 amide bonds. The number of rotatable bonds is 1. The Kier molecular flexibility index (Phi) is 5.63. The molecular weight excluding hydrogens is 815 g/mol. The first-order valence-corrected chi connectivity index (χ1v) is 16.5. The van der Waals surface area contributed by atoms with Gasteiger partial charge in [0, 0.05) is 54.9 Å². The summed E-state index contributed by atoms with van der Waals surface area (Å²) in [5, 5.41) is 10.5. The predicted octanol–water partition coefficient (Wildman–Crippen LogP) is 12.3. The summed E-state index contributed by atoms with van der Waals surface area (Å²) in [5.74, 6) is 0. The molecule has 0 unspecified atom stereocenters. The van der Waals surface area contributed by atoms with Crippen LogP contribution in [0.1, 0.15) is 29.0 Å². The smallest absolute Gasteiger partial charge is 0.136 e. The molecule has 4 nitrogen and oxygen atoms in total. The van der Waals surface area contributed by atoms with E-state index in [1.54, 1.807) is 0 Å². The van der Waals surface area contributed by atoms with E-state index in [0.717, 1.165) is 66.5 Å². The van der Waals surface area contributed by atoms with Crippen molar-refractivity contribution in [3.8, 4) is 11.3 Å². The second-order valence-corrected chi connectivity index (χ2v) is 12.6. The van der Waals surface area contributed by atoms with Gasteiger partial charge in [0.2, 0.25) is 0 Å². The molecule has 0 N–H and O–H groups in total. The average molecular weight is 855 g/mol. The van der Waals surface area contributed by atoms with Gasteiger partial charge in [-0.2, -0.15) is 0 Å². The number of pyridine rings is 2. The van der Waals surface area contributed by atoms with Crippen LogP contribution in [0.25, 0.3) is 93.1 Å². The maximum absolute atomic E-state index is 7.54. The molecule has 0 aliphatic rings. The van der Waals surface area contributed by atoms with Crippen molar-refractivity contribution in [1.29, 1.82) is 0 Å². The van der Waals surface area contributed by atoms with Crippen molar-refractivity contribution in [3.05, 3.63) is 162 Å². The van der Waals surface area contributed by atoms with E-state index in [0.29, 0.717) is 5.56 Å². The molecule has 251 valence electrons. The van der Waals surface area contributed by atoms with Gasteiger partial charge in [0.1, 0.15) is 11.2 Å². The van der Waals surface area contributed by atoms with E-state index in [-0.39, 0.29) is 42.5 Å². The van der Waals surface area contributed by atoms with E-state index in [1.165, 1.54) is 45.8 Å². The number of hydrogen-bond donors (Lipinski definition) is 0. The summed E-state index contributed by atoms with van der Waals surface area (Å²) < 4.78 is 75.7. The van der Waals surface area contributed by atoms with Crippen LogP contribution in [-0.2, 0) is 20.1 Å². The average Bonchev–Trinajstić information content (AvgIpc) is 3.79. The van der Waals surface area contributed by atoms with Crippen molar-refractivity contribution in [3.63, 3.8) is 0 Å². The Morgan fingerprint density at radius 3 is 2.35 bits per heavy atom. The molecule has 0 saturated heterocycles. The third-order valence-electron chi connectivity index (χ3n) is 9.62. The third kappa shape index (κ3) is 5.08. The monoisotopic (exact) mass is 855 g/mol. The number of hydrogen-bond acceptors (Lipinski definition) is 3. The molecule has 0 spiro atoms. The number of benzene rings is 7. The SMILES string of the molecule is [2H]C([2H])([2H])c1c[c-]c(-c2cc(C([2H])([2H])[2H])c(C([2H])([2H])[2H])cn2)cc1.[Ir].[c-]1cccc2c1c1nc3ccccc3n1c1cc3c(cc21)oc1cc2ccc4ccccc4c2cc13. The van der Waals surface area contributed by atoms with Crippen LogP contribution in [0.5, 0.6) is 0 Å². The standard InChI is InChI=1S/C33H17N2O.C14H14N.Ir/c1-2-8-21-19(7-1)13-14-20-15-31-26(16-24(20)21)27-17-30-25(18-32(27)36-31)22-9-3-4-10-23(22)33-34-28-11-5-6-12-29(28)35(30)33;1-10-4-6-13(7-5-10)14-8-11(2)12(3)9-15-14;/h1-9,11-18H;4-6,8-9H,1-3H3;/q2*-1;/i;1D3,2D3,3D3;.